The molecule has 0 fully saturated rings. The van der Waals surface area contributed by atoms with Crippen molar-refractivity contribution in [3.8, 4) is 17.1 Å². The van der Waals surface area contributed by atoms with Crippen LogP contribution in [0.2, 0.25) is 0 Å². The van der Waals surface area contributed by atoms with Gasteiger partial charge < -0.3 is 14.6 Å². The minimum Gasteiger partial charge on any atom is -0.494 e. The molecule has 1 aliphatic rings. The van der Waals surface area contributed by atoms with Gasteiger partial charge in [-0.1, -0.05) is 31.1 Å². The van der Waals surface area contributed by atoms with Crippen LogP contribution in [-0.4, -0.2) is 34.2 Å². The van der Waals surface area contributed by atoms with Crippen LogP contribution in [-0.2, 0) is 0 Å². The molecule has 0 radical (unpaired) electrons. The van der Waals surface area contributed by atoms with Crippen molar-refractivity contribution in [3.05, 3.63) is 71.5 Å². The van der Waals surface area contributed by atoms with Crippen LogP contribution in [0.4, 0.5) is 9.18 Å². The molecule has 4 rings (SSSR count). The van der Waals surface area contributed by atoms with Crippen LogP contribution in [0.15, 0.2) is 58.8 Å². The number of carbonyl (C=O) groups excluding carboxylic acids is 1. The first-order chi connectivity index (χ1) is 15.9. The molecule has 1 N–H and O–H groups in total. The van der Waals surface area contributed by atoms with E-state index >= 15 is 0 Å². The highest BCUT2D eigenvalue weighted by atomic mass is 19.1. The molecule has 1 unspecified atom stereocenters. The largest absolute Gasteiger partial charge is 0.494 e. The summed E-state index contributed by atoms with van der Waals surface area (Å²) in [6.07, 6.45) is 0. The fraction of sp³-hybridized carbons (Fsp3) is 0.320. The highest BCUT2D eigenvalue weighted by Gasteiger charge is 2.36. The Hall–Kier alpha value is -3.68. The van der Waals surface area contributed by atoms with Gasteiger partial charge in [0.1, 0.15) is 11.6 Å². The first-order valence-corrected chi connectivity index (χ1v) is 11.0. The average molecular weight is 451 g/mol. The summed E-state index contributed by atoms with van der Waals surface area (Å²) >= 11 is 0. The van der Waals surface area contributed by atoms with Crippen LogP contribution < -0.4 is 10.1 Å². The summed E-state index contributed by atoms with van der Waals surface area (Å²) in [4.78, 5) is 19.3. The smallest absolute Gasteiger partial charge is 0.322 e. The monoisotopic (exact) mass is 450 g/mol. The van der Waals surface area contributed by atoms with Crippen molar-refractivity contribution >= 4 is 11.6 Å². The molecule has 172 valence electrons. The van der Waals surface area contributed by atoms with Crippen LogP contribution in [0.5, 0.6) is 5.75 Å². The molecule has 2 amide bonds. The maximum atomic E-state index is 13.3. The standard InChI is InChI=1S/C25H27FN4O3/c1-5-32-20-12-8-17(9-13-20)22-21(16(4)30(14-15(2)3)25(31)27-22)24-28-23(29-33-24)18-6-10-19(26)11-7-18/h6-13,15,22H,5,14H2,1-4H3,(H,27,31). The minimum absolute atomic E-state index is 0.179. The predicted octanol–water partition coefficient (Wildman–Crippen LogP) is 5.43. The van der Waals surface area contributed by atoms with Crippen molar-refractivity contribution in [1.29, 1.82) is 0 Å². The van der Waals surface area contributed by atoms with Gasteiger partial charge in [-0.15, -0.1) is 0 Å². The fourth-order valence-electron chi connectivity index (χ4n) is 3.87. The molecule has 0 saturated heterocycles. The van der Waals surface area contributed by atoms with Crippen molar-refractivity contribution in [2.45, 2.75) is 33.7 Å². The number of ether oxygens (including phenoxy) is 1. The van der Waals surface area contributed by atoms with E-state index in [0.717, 1.165) is 22.6 Å². The number of carbonyl (C=O) groups is 1. The van der Waals surface area contributed by atoms with E-state index in [0.29, 0.717) is 30.4 Å². The minimum atomic E-state index is -0.474. The molecule has 0 aliphatic carbocycles. The van der Waals surface area contributed by atoms with E-state index in [1.54, 1.807) is 17.0 Å². The number of nitrogens with one attached hydrogen (secondary N) is 1. The van der Waals surface area contributed by atoms with Gasteiger partial charge in [-0.25, -0.2) is 9.18 Å². The molecule has 3 aromatic rings. The molecular weight excluding hydrogens is 423 g/mol. The summed E-state index contributed by atoms with van der Waals surface area (Å²) in [6.45, 7) is 9.05. The summed E-state index contributed by atoms with van der Waals surface area (Å²) in [5.41, 5.74) is 2.98. The van der Waals surface area contributed by atoms with E-state index in [-0.39, 0.29) is 17.8 Å². The van der Waals surface area contributed by atoms with Crippen LogP contribution in [0.3, 0.4) is 0 Å². The molecule has 0 bridgehead atoms. The first kappa shape index (κ1) is 22.5. The number of nitrogens with zero attached hydrogens (tertiary/aromatic N) is 3. The molecule has 8 heteroatoms. The van der Waals surface area contributed by atoms with Crippen molar-refractivity contribution in [1.82, 2.24) is 20.4 Å². The lowest BCUT2D eigenvalue weighted by Crippen LogP contribution is -2.47. The van der Waals surface area contributed by atoms with Gasteiger partial charge in [0.15, 0.2) is 0 Å². The summed E-state index contributed by atoms with van der Waals surface area (Å²) in [7, 11) is 0. The maximum Gasteiger partial charge on any atom is 0.322 e. The Balaban J connectivity index is 1.77. The van der Waals surface area contributed by atoms with Gasteiger partial charge >= 0.3 is 6.03 Å². The number of amides is 2. The Morgan fingerprint density at radius 1 is 1.15 bits per heavy atom. The van der Waals surface area contributed by atoms with Crippen LogP contribution in [0.1, 0.15) is 45.2 Å². The van der Waals surface area contributed by atoms with E-state index < -0.39 is 6.04 Å². The molecule has 1 aromatic heterocycles. The van der Waals surface area contributed by atoms with Crippen LogP contribution in [0, 0.1) is 11.7 Å². The Bertz CT molecular complexity index is 1150. The van der Waals surface area contributed by atoms with Crippen LogP contribution >= 0.6 is 0 Å². The number of allylic oxidation sites excluding steroid dienone is 1. The average Bonchev–Trinajstić information content (AvgIpc) is 3.27. The molecule has 2 aromatic carbocycles. The first-order valence-electron chi connectivity index (χ1n) is 11.0. The fourth-order valence-corrected chi connectivity index (χ4v) is 3.87. The lowest BCUT2D eigenvalue weighted by Gasteiger charge is -2.36. The maximum absolute atomic E-state index is 13.3. The zero-order chi connectivity index (χ0) is 23.5. The molecule has 1 aliphatic heterocycles. The van der Waals surface area contributed by atoms with Crippen molar-refractivity contribution < 1.29 is 18.4 Å². The van der Waals surface area contributed by atoms with Gasteiger partial charge in [-0.05, 0) is 61.7 Å². The third kappa shape index (κ3) is 4.74. The number of hydrogen-bond acceptors (Lipinski definition) is 5. The van der Waals surface area contributed by atoms with Crippen molar-refractivity contribution in [2.24, 2.45) is 5.92 Å². The van der Waals surface area contributed by atoms with E-state index in [1.165, 1.54) is 12.1 Å². The van der Waals surface area contributed by atoms with Crippen molar-refractivity contribution in [2.75, 3.05) is 13.2 Å². The topological polar surface area (TPSA) is 80.5 Å². The summed E-state index contributed by atoms with van der Waals surface area (Å²) in [6, 6.07) is 12.8. The summed E-state index contributed by atoms with van der Waals surface area (Å²) in [5, 5.41) is 7.19. The normalized spacial score (nSPS) is 16.4. The van der Waals surface area contributed by atoms with Gasteiger partial charge in [0.25, 0.3) is 5.89 Å². The summed E-state index contributed by atoms with van der Waals surface area (Å²) < 4.78 is 24.5. The highest BCUT2D eigenvalue weighted by molar-refractivity contribution is 5.86. The molecular formula is C25H27FN4O3. The second-order valence-corrected chi connectivity index (χ2v) is 8.32. The predicted molar refractivity (Wildman–Crippen MR) is 123 cm³/mol. The van der Waals surface area contributed by atoms with Gasteiger partial charge in [0, 0.05) is 17.8 Å². The second kappa shape index (κ2) is 9.44. The van der Waals surface area contributed by atoms with E-state index in [2.05, 4.69) is 29.3 Å². The van der Waals surface area contributed by atoms with Crippen LogP contribution in [0.25, 0.3) is 17.0 Å². The lowest BCUT2D eigenvalue weighted by molar-refractivity contribution is 0.199. The molecule has 33 heavy (non-hydrogen) atoms. The zero-order valence-electron chi connectivity index (χ0n) is 19.1. The zero-order valence-corrected chi connectivity index (χ0v) is 19.1. The highest BCUT2D eigenvalue weighted by Crippen LogP contribution is 2.38. The quantitative estimate of drug-likeness (QED) is 0.519. The molecule has 7 nitrogen and oxygen atoms in total. The number of benzene rings is 2. The Morgan fingerprint density at radius 3 is 2.48 bits per heavy atom. The van der Waals surface area contributed by atoms with Crippen molar-refractivity contribution in [3.63, 3.8) is 0 Å². The lowest BCUT2D eigenvalue weighted by atomic mass is 9.94. The van der Waals surface area contributed by atoms with Gasteiger partial charge in [0.2, 0.25) is 5.82 Å². The summed E-state index contributed by atoms with van der Waals surface area (Å²) in [5.74, 6) is 1.34. The third-order valence-electron chi connectivity index (χ3n) is 5.43. The van der Waals surface area contributed by atoms with E-state index in [9.17, 15) is 9.18 Å². The number of halogens is 1. The molecule has 0 saturated carbocycles. The third-order valence-corrected chi connectivity index (χ3v) is 5.43. The SMILES string of the molecule is CCOc1ccc(C2NC(=O)N(CC(C)C)C(C)=C2c2nc(-c3ccc(F)cc3)no2)cc1. The number of urea groups is 1. The van der Waals surface area contributed by atoms with E-state index in [4.69, 9.17) is 9.26 Å². The molecule has 0 spiro atoms. The Labute approximate surface area is 192 Å². The number of aromatic nitrogens is 2. The van der Waals surface area contributed by atoms with E-state index in [1.807, 2.05) is 38.1 Å². The second-order valence-electron chi connectivity index (χ2n) is 8.32. The van der Waals surface area contributed by atoms with Gasteiger partial charge in [0.05, 0.1) is 18.2 Å². The Kier molecular flexibility index (Phi) is 6.44. The molecule has 1 atom stereocenters. The van der Waals surface area contributed by atoms with Gasteiger partial charge in [-0.2, -0.15) is 4.98 Å². The number of rotatable bonds is 7. The molecule has 2 heterocycles. The van der Waals surface area contributed by atoms with Gasteiger partial charge in [-0.3, -0.25) is 4.90 Å². The number of hydrogen-bond donors (Lipinski definition) is 1. The Morgan fingerprint density at radius 2 is 1.85 bits per heavy atom.